The molecule has 3 rings (SSSR count). The topological polar surface area (TPSA) is 35.8 Å². The third-order valence-electron chi connectivity index (χ3n) is 4.68. The molecule has 0 aliphatic carbocycles. The van der Waals surface area contributed by atoms with E-state index in [1.54, 1.807) is 24.3 Å². The lowest BCUT2D eigenvalue weighted by Crippen LogP contribution is -2.44. The molecule has 2 aromatic carbocycles. The third kappa shape index (κ3) is 2.85. The van der Waals surface area contributed by atoms with Crippen molar-refractivity contribution in [2.24, 2.45) is 5.92 Å². The zero-order valence-electron chi connectivity index (χ0n) is 12.7. The van der Waals surface area contributed by atoms with Crippen molar-refractivity contribution >= 4 is 0 Å². The lowest BCUT2D eigenvalue weighted by molar-refractivity contribution is 0.300. The molecule has 1 fully saturated rings. The van der Waals surface area contributed by atoms with Crippen LogP contribution in [0.5, 0.6) is 0 Å². The van der Waals surface area contributed by atoms with Crippen LogP contribution in [0.1, 0.15) is 24.0 Å². The highest BCUT2D eigenvalue weighted by Crippen LogP contribution is 2.41. The van der Waals surface area contributed by atoms with Gasteiger partial charge in [-0.1, -0.05) is 24.3 Å². The molecule has 1 unspecified atom stereocenters. The molecule has 2 aromatic rings. The first-order valence-corrected chi connectivity index (χ1v) is 7.81. The summed E-state index contributed by atoms with van der Waals surface area (Å²) < 4.78 is 26.7. The number of nitriles is 1. The first-order valence-electron chi connectivity index (χ1n) is 7.81. The van der Waals surface area contributed by atoms with Gasteiger partial charge in [0.05, 0.1) is 6.07 Å². The summed E-state index contributed by atoms with van der Waals surface area (Å²) in [5.74, 6) is -0.611. The van der Waals surface area contributed by atoms with Gasteiger partial charge < -0.3 is 5.32 Å². The van der Waals surface area contributed by atoms with Crippen molar-refractivity contribution in [3.8, 4) is 6.07 Å². The van der Waals surface area contributed by atoms with Gasteiger partial charge in [-0.2, -0.15) is 5.26 Å². The minimum absolute atomic E-state index is 0.0529. The molecular weight excluding hydrogens is 294 g/mol. The number of halogens is 2. The highest BCUT2D eigenvalue weighted by atomic mass is 19.1. The van der Waals surface area contributed by atoms with E-state index in [1.165, 1.54) is 24.3 Å². The number of nitrogens with one attached hydrogen (secondary N) is 1. The van der Waals surface area contributed by atoms with Crippen LogP contribution in [0, 0.1) is 28.9 Å². The average Bonchev–Trinajstić information content (AvgIpc) is 2.60. The second kappa shape index (κ2) is 6.47. The van der Waals surface area contributed by atoms with Crippen molar-refractivity contribution in [2.45, 2.75) is 18.3 Å². The maximum atomic E-state index is 13.3. The van der Waals surface area contributed by atoms with Crippen LogP contribution in [0.3, 0.4) is 0 Å². The molecule has 0 saturated carbocycles. The predicted molar refractivity (Wildman–Crippen MR) is 84.8 cm³/mol. The van der Waals surface area contributed by atoms with Crippen LogP contribution >= 0.6 is 0 Å². The summed E-state index contributed by atoms with van der Waals surface area (Å²) in [6.45, 7) is 1.65. The Bertz CT molecular complexity index is 650. The van der Waals surface area contributed by atoms with Gasteiger partial charge in [-0.25, -0.2) is 8.78 Å². The third-order valence-corrected chi connectivity index (χ3v) is 4.68. The fourth-order valence-corrected chi connectivity index (χ4v) is 3.51. The summed E-state index contributed by atoms with van der Waals surface area (Å²) in [4.78, 5) is 0. The normalized spacial score (nSPS) is 18.4. The van der Waals surface area contributed by atoms with Gasteiger partial charge in [0.25, 0.3) is 0 Å². The van der Waals surface area contributed by atoms with Crippen molar-refractivity contribution in [1.29, 1.82) is 5.26 Å². The molecule has 4 heteroatoms. The van der Waals surface area contributed by atoms with Crippen LogP contribution < -0.4 is 5.32 Å². The van der Waals surface area contributed by atoms with E-state index in [4.69, 9.17) is 0 Å². The molecule has 0 radical (unpaired) electrons. The van der Waals surface area contributed by atoms with Gasteiger partial charge in [-0.05, 0) is 60.7 Å². The fourth-order valence-electron chi connectivity index (χ4n) is 3.51. The second-order valence-corrected chi connectivity index (χ2v) is 5.98. The lowest BCUT2D eigenvalue weighted by Gasteiger charge is -2.38. The minimum atomic E-state index is -0.908. The quantitative estimate of drug-likeness (QED) is 0.936. The van der Waals surface area contributed by atoms with Gasteiger partial charge >= 0.3 is 0 Å². The van der Waals surface area contributed by atoms with Gasteiger partial charge in [0.2, 0.25) is 0 Å². The molecule has 23 heavy (non-hydrogen) atoms. The van der Waals surface area contributed by atoms with Crippen LogP contribution in [0.15, 0.2) is 48.5 Å². The van der Waals surface area contributed by atoms with E-state index in [2.05, 4.69) is 11.4 Å². The summed E-state index contributed by atoms with van der Waals surface area (Å²) >= 11 is 0. The summed E-state index contributed by atoms with van der Waals surface area (Å²) in [5.41, 5.74) is 0.595. The molecule has 118 valence electrons. The van der Waals surface area contributed by atoms with Crippen molar-refractivity contribution in [1.82, 2.24) is 5.32 Å². The molecule has 0 spiro atoms. The summed E-state index contributed by atoms with van der Waals surface area (Å²) in [7, 11) is 0. The highest BCUT2D eigenvalue weighted by Gasteiger charge is 2.43. The van der Waals surface area contributed by atoms with Gasteiger partial charge in [0, 0.05) is 6.54 Å². The van der Waals surface area contributed by atoms with E-state index in [-0.39, 0.29) is 17.6 Å². The number of rotatable bonds is 3. The summed E-state index contributed by atoms with van der Waals surface area (Å²) in [6.07, 6.45) is 1.88. The van der Waals surface area contributed by atoms with E-state index < -0.39 is 5.41 Å². The Balaban J connectivity index is 2.16. The number of benzene rings is 2. The van der Waals surface area contributed by atoms with Crippen LogP contribution in [-0.2, 0) is 5.41 Å². The number of hydrogen-bond acceptors (Lipinski definition) is 2. The van der Waals surface area contributed by atoms with E-state index in [9.17, 15) is 14.0 Å². The molecule has 0 amide bonds. The Morgan fingerprint density at radius 1 is 0.957 bits per heavy atom. The van der Waals surface area contributed by atoms with Gasteiger partial charge in [0.1, 0.15) is 17.0 Å². The molecule has 0 bridgehead atoms. The molecule has 1 N–H and O–H groups in total. The predicted octanol–water partition coefficient (Wildman–Crippen LogP) is 3.77. The number of piperidine rings is 1. The molecule has 2 nitrogen and oxygen atoms in total. The second-order valence-electron chi connectivity index (χ2n) is 5.98. The average molecular weight is 312 g/mol. The van der Waals surface area contributed by atoms with Crippen molar-refractivity contribution in [3.05, 3.63) is 71.3 Å². The largest absolute Gasteiger partial charge is 0.316 e. The van der Waals surface area contributed by atoms with Crippen LogP contribution in [-0.4, -0.2) is 13.1 Å². The Labute approximate surface area is 134 Å². The monoisotopic (exact) mass is 312 g/mol. The maximum Gasteiger partial charge on any atom is 0.123 e. The number of nitrogens with zero attached hydrogens (tertiary/aromatic N) is 1. The summed E-state index contributed by atoms with van der Waals surface area (Å²) in [6, 6.07) is 14.6. The lowest BCUT2D eigenvalue weighted by atomic mass is 9.64. The standard InChI is InChI=1S/C19H18F2N2/c20-17-7-3-14(4-8-17)19(13-22,16-2-1-11-23-12-16)15-5-9-18(21)10-6-15/h3-10,16,23H,1-2,11-12H2. The fraction of sp³-hybridized carbons (Fsp3) is 0.316. The Morgan fingerprint density at radius 2 is 1.48 bits per heavy atom. The first-order chi connectivity index (χ1) is 11.2. The van der Waals surface area contributed by atoms with Crippen LogP contribution in [0.4, 0.5) is 8.78 Å². The van der Waals surface area contributed by atoms with Crippen LogP contribution in [0.2, 0.25) is 0 Å². The van der Waals surface area contributed by atoms with Crippen LogP contribution in [0.25, 0.3) is 0 Å². The zero-order chi connectivity index (χ0) is 16.3. The van der Waals surface area contributed by atoms with Gasteiger partial charge in [-0.15, -0.1) is 0 Å². The molecule has 1 aliphatic heterocycles. The molecule has 0 aromatic heterocycles. The molecular formula is C19H18F2N2. The molecule has 1 saturated heterocycles. The Hall–Kier alpha value is -2.25. The van der Waals surface area contributed by atoms with E-state index in [0.717, 1.165) is 30.5 Å². The van der Waals surface area contributed by atoms with Crippen molar-refractivity contribution < 1.29 is 8.78 Å². The SMILES string of the molecule is N#CC(c1ccc(F)cc1)(c1ccc(F)cc1)C1CCCNC1. The Morgan fingerprint density at radius 3 is 1.87 bits per heavy atom. The van der Waals surface area contributed by atoms with Crippen molar-refractivity contribution in [2.75, 3.05) is 13.1 Å². The van der Waals surface area contributed by atoms with Gasteiger partial charge in [-0.3, -0.25) is 0 Å². The van der Waals surface area contributed by atoms with E-state index >= 15 is 0 Å². The van der Waals surface area contributed by atoms with E-state index in [1.807, 2.05) is 0 Å². The number of hydrogen-bond donors (Lipinski definition) is 1. The Kier molecular flexibility index (Phi) is 4.40. The highest BCUT2D eigenvalue weighted by molar-refractivity contribution is 5.47. The van der Waals surface area contributed by atoms with E-state index in [0.29, 0.717) is 6.54 Å². The maximum absolute atomic E-state index is 13.3. The molecule has 1 heterocycles. The smallest absolute Gasteiger partial charge is 0.123 e. The van der Waals surface area contributed by atoms with Gasteiger partial charge in [0.15, 0.2) is 0 Å². The van der Waals surface area contributed by atoms with Crippen molar-refractivity contribution in [3.63, 3.8) is 0 Å². The first kappa shape index (κ1) is 15.6. The molecule has 1 atom stereocenters. The zero-order valence-corrected chi connectivity index (χ0v) is 12.7. The molecule has 1 aliphatic rings. The summed E-state index contributed by atoms with van der Waals surface area (Å²) in [5, 5.41) is 13.4. The minimum Gasteiger partial charge on any atom is -0.316 e.